The zero-order valence-electron chi connectivity index (χ0n) is 24.5. The summed E-state index contributed by atoms with van der Waals surface area (Å²) in [5, 5.41) is 15.1. The Bertz CT molecular complexity index is 1470. The van der Waals surface area contributed by atoms with E-state index in [1.54, 1.807) is 25.1 Å². The highest BCUT2D eigenvalue weighted by Crippen LogP contribution is 2.47. The molecular formula is C32H41ClN2O7S. The lowest BCUT2D eigenvalue weighted by atomic mass is 9.67. The van der Waals surface area contributed by atoms with Gasteiger partial charge in [-0.3, -0.25) is 0 Å². The first kappa shape index (κ1) is 30.6. The number of hydrogen-bond acceptors (Lipinski definition) is 7. The number of carbonyl (C=O) groups is 1. The lowest BCUT2D eigenvalue weighted by Crippen LogP contribution is -2.51. The van der Waals surface area contributed by atoms with Gasteiger partial charge in [0.1, 0.15) is 5.75 Å². The van der Waals surface area contributed by atoms with Gasteiger partial charge in [0.15, 0.2) is 0 Å². The van der Waals surface area contributed by atoms with Crippen molar-refractivity contribution in [3.8, 4) is 5.75 Å². The molecule has 2 aliphatic carbocycles. The van der Waals surface area contributed by atoms with Gasteiger partial charge in [-0.25, -0.2) is 18.4 Å². The molecule has 6 rings (SSSR count). The first-order valence-corrected chi connectivity index (χ1v) is 17.3. The molecule has 0 bridgehead atoms. The summed E-state index contributed by atoms with van der Waals surface area (Å²) in [7, 11) is -3.64. The van der Waals surface area contributed by atoms with Gasteiger partial charge in [0.25, 0.3) is 0 Å². The van der Waals surface area contributed by atoms with Crippen LogP contribution in [0.3, 0.4) is 0 Å². The Balaban J connectivity index is 1.23. The van der Waals surface area contributed by atoms with E-state index in [1.165, 1.54) is 11.1 Å². The maximum absolute atomic E-state index is 12.0. The number of fused-ring (bicyclic) bond motifs is 3. The highest BCUT2D eigenvalue weighted by atomic mass is 35.5. The molecular weight excluding hydrogens is 592 g/mol. The summed E-state index contributed by atoms with van der Waals surface area (Å²) in [6.45, 7) is 4.24. The molecule has 0 amide bonds. The zero-order valence-corrected chi connectivity index (χ0v) is 26.1. The van der Waals surface area contributed by atoms with Crippen molar-refractivity contribution in [1.29, 1.82) is 0 Å². The van der Waals surface area contributed by atoms with E-state index in [2.05, 4.69) is 17.0 Å². The van der Waals surface area contributed by atoms with Crippen LogP contribution in [0, 0.1) is 11.8 Å². The standard InChI is InChI=1S/C32H41ClN2O7S/c1-20(43(34,38)39)17-41-25-10-12-40-30(15-25)26-7-4-23(26)16-35-18-32(11-2-3-21-13-24(33)6-8-27(21)32)19-42-29-9-5-22(31(36)37)14-28(29)35/h5-6,8-9,13-14,20,23,25-26,30H,2-4,7,10-12,15-19H2,1H3,(H,36,37)(H2,34,38,39)/t20?,23-,25+,26+,30+,32?/m0/s1. The molecule has 1 saturated carbocycles. The third-order valence-electron chi connectivity index (χ3n) is 10.1. The number of carboxylic acid groups (broad SMARTS) is 1. The molecule has 2 fully saturated rings. The van der Waals surface area contributed by atoms with Crippen LogP contribution >= 0.6 is 11.6 Å². The van der Waals surface area contributed by atoms with E-state index < -0.39 is 21.2 Å². The number of primary sulfonamides is 1. The Morgan fingerprint density at radius 1 is 1.23 bits per heavy atom. The van der Waals surface area contributed by atoms with Gasteiger partial charge in [0, 0.05) is 36.6 Å². The van der Waals surface area contributed by atoms with Crippen molar-refractivity contribution < 1.29 is 32.5 Å². The van der Waals surface area contributed by atoms with Crippen LogP contribution in [0.1, 0.15) is 66.9 Å². The molecule has 0 aromatic heterocycles. The van der Waals surface area contributed by atoms with Crippen molar-refractivity contribution in [3.05, 3.63) is 58.1 Å². The van der Waals surface area contributed by atoms with Crippen LogP contribution in [-0.4, -0.2) is 69.9 Å². The fourth-order valence-electron chi connectivity index (χ4n) is 7.45. The Morgan fingerprint density at radius 2 is 2.07 bits per heavy atom. The monoisotopic (exact) mass is 632 g/mol. The number of nitrogens with zero attached hydrogens (tertiary/aromatic N) is 1. The number of sulfonamides is 1. The van der Waals surface area contributed by atoms with Gasteiger partial charge >= 0.3 is 5.97 Å². The average Bonchev–Trinajstić information content (AvgIpc) is 3.10. The minimum absolute atomic E-state index is 0.0295. The van der Waals surface area contributed by atoms with Crippen molar-refractivity contribution in [2.24, 2.45) is 17.0 Å². The van der Waals surface area contributed by atoms with E-state index in [-0.39, 0.29) is 29.8 Å². The second kappa shape index (κ2) is 12.2. The van der Waals surface area contributed by atoms with Crippen molar-refractivity contribution in [3.63, 3.8) is 0 Å². The van der Waals surface area contributed by atoms with Crippen molar-refractivity contribution in [2.75, 3.05) is 37.8 Å². The molecule has 2 heterocycles. The number of benzene rings is 2. The summed E-state index contributed by atoms with van der Waals surface area (Å²) in [5.41, 5.74) is 3.37. The molecule has 6 atom stereocenters. The van der Waals surface area contributed by atoms with Gasteiger partial charge in [-0.2, -0.15) is 0 Å². The van der Waals surface area contributed by atoms with E-state index in [0.717, 1.165) is 68.7 Å². The van der Waals surface area contributed by atoms with Crippen LogP contribution in [0.2, 0.25) is 5.02 Å². The second-order valence-corrected chi connectivity index (χ2v) is 15.3. The van der Waals surface area contributed by atoms with Crippen molar-refractivity contribution >= 4 is 33.3 Å². The molecule has 234 valence electrons. The van der Waals surface area contributed by atoms with Crippen LogP contribution in [0.4, 0.5) is 5.69 Å². The molecule has 1 spiro atoms. The van der Waals surface area contributed by atoms with Gasteiger partial charge in [0.2, 0.25) is 10.0 Å². The SMILES string of the molecule is CC(CO[C@@H]1CCO[C@@H]([C@@H]2CC[C@H]2CN2CC3(CCCc4cc(Cl)ccc43)COc3ccc(C(=O)O)cc32)C1)S(N)(=O)=O. The Kier molecular flexibility index (Phi) is 8.69. The molecule has 9 nitrogen and oxygen atoms in total. The summed E-state index contributed by atoms with van der Waals surface area (Å²) in [6.07, 6.45) is 6.52. The van der Waals surface area contributed by atoms with E-state index >= 15 is 0 Å². The van der Waals surface area contributed by atoms with Crippen LogP contribution < -0.4 is 14.8 Å². The Hall–Kier alpha value is -2.37. The minimum Gasteiger partial charge on any atom is -0.490 e. The normalized spacial score (nSPS) is 29.5. The van der Waals surface area contributed by atoms with E-state index in [0.29, 0.717) is 30.8 Å². The van der Waals surface area contributed by atoms with E-state index in [1.807, 2.05) is 6.07 Å². The summed E-state index contributed by atoms with van der Waals surface area (Å²) in [6, 6.07) is 11.4. The predicted octanol–water partition coefficient (Wildman–Crippen LogP) is 4.78. The molecule has 2 aromatic carbocycles. The van der Waals surface area contributed by atoms with E-state index in [4.69, 9.17) is 31.0 Å². The van der Waals surface area contributed by atoms with Crippen molar-refractivity contribution in [2.45, 2.75) is 74.7 Å². The molecule has 0 radical (unpaired) electrons. The zero-order chi connectivity index (χ0) is 30.4. The Labute approximate surface area is 258 Å². The molecule has 2 unspecified atom stereocenters. The number of rotatable bonds is 8. The predicted molar refractivity (Wildman–Crippen MR) is 165 cm³/mol. The smallest absolute Gasteiger partial charge is 0.335 e. The van der Waals surface area contributed by atoms with E-state index in [9.17, 15) is 18.3 Å². The van der Waals surface area contributed by atoms with Gasteiger partial charge in [-0.1, -0.05) is 17.7 Å². The second-order valence-electron chi connectivity index (χ2n) is 12.9. The molecule has 2 aliphatic heterocycles. The average molecular weight is 633 g/mol. The number of ether oxygens (including phenoxy) is 3. The number of anilines is 1. The number of carboxylic acids is 1. The number of hydrogen-bond donors (Lipinski definition) is 2. The molecule has 4 aliphatic rings. The van der Waals surface area contributed by atoms with Gasteiger partial charge in [-0.05, 0) is 98.7 Å². The maximum Gasteiger partial charge on any atom is 0.335 e. The summed E-state index contributed by atoms with van der Waals surface area (Å²) in [5.74, 6) is 0.451. The summed E-state index contributed by atoms with van der Waals surface area (Å²) >= 11 is 6.38. The lowest BCUT2D eigenvalue weighted by Gasteiger charge is -2.47. The molecule has 3 N–H and O–H groups in total. The number of aryl methyl sites for hydroxylation is 1. The van der Waals surface area contributed by atoms with Crippen LogP contribution in [0.25, 0.3) is 0 Å². The first-order valence-electron chi connectivity index (χ1n) is 15.3. The lowest BCUT2D eigenvalue weighted by molar-refractivity contribution is -0.116. The fraction of sp³-hybridized carbons (Fsp3) is 0.594. The Morgan fingerprint density at radius 3 is 2.81 bits per heavy atom. The number of halogens is 1. The van der Waals surface area contributed by atoms with Gasteiger partial charge in [-0.15, -0.1) is 0 Å². The highest BCUT2D eigenvalue weighted by molar-refractivity contribution is 7.89. The largest absolute Gasteiger partial charge is 0.490 e. The van der Waals surface area contributed by atoms with Gasteiger partial charge < -0.3 is 24.2 Å². The summed E-state index contributed by atoms with van der Waals surface area (Å²) < 4.78 is 42.0. The van der Waals surface area contributed by atoms with Gasteiger partial charge in [0.05, 0.1) is 41.9 Å². The molecule has 2 aromatic rings. The van der Waals surface area contributed by atoms with Crippen LogP contribution in [0.5, 0.6) is 5.75 Å². The first-order chi connectivity index (χ1) is 20.5. The molecule has 43 heavy (non-hydrogen) atoms. The van der Waals surface area contributed by atoms with Crippen molar-refractivity contribution in [1.82, 2.24) is 0 Å². The number of aromatic carboxylic acids is 1. The number of nitrogens with two attached hydrogens (primary N) is 1. The quantitative estimate of drug-likeness (QED) is 0.426. The third-order valence-corrected chi connectivity index (χ3v) is 11.6. The molecule has 11 heteroatoms. The summed E-state index contributed by atoms with van der Waals surface area (Å²) in [4.78, 5) is 14.3. The molecule has 1 saturated heterocycles. The highest BCUT2D eigenvalue weighted by Gasteiger charge is 2.45. The minimum atomic E-state index is -3.64. The maximum atomic E-state index is 12.0. The van der Waals surface area contributed by atoms with Crippen LogP contribution in [-0.2, 0) is 31.3 Å². The topological polar surface area (TPSA) is 128 Å². The fourth-order valence-corrected chi connectivity index (χ4v) is 7.92. The van der Waals surface area contributed by atoms with Crippen LogP contribution in [0.15, 0.2) is 36.4 Å². The third kappa shape index (κ3) is 6.40.